The van der Waals surface area contributed by atoms with E-state index in [0.717, 1.165) is 17.9 Å². The fraction of sp³-hybridized carbons (Fsp3) is 0.412. The largest absolute Gasteiger partial charge is 0.465 e. The Labute approximate surface area is 124 Å². The molecule has 1 heterocycles. The van der Waals surface area contributed by atoms with E-state index in [1.807, 2.05) is 0 Å². The van der Waals surface area contributed by atoms with Crippen LogP contribution in [0.5, 0.6) is 0 Å². The van der Waals surface area contributed by atoms with E-state index in [-0.39, 0.29) is 4.83 Å². The average molecular weight is 321 g/mol. The lowest BCUT2D eigenvalue weighted by atomic mass is 10.0. The van der Waals surface area contributed by atoms with Gasteiger partial charge in [0.25, 0.3) is 0 Å². The third-order valence-corrected chi connectivity index (χ3v) is 4.35. The first-order chi connectivity index (χ1) is 9.24. The molecule has 0 aliphatic heterocycles. The smallest absolute Gasteiger partial charge is 0.122 e. The van der Waals surface area contributed by atoms with E-state index in [2.05, 4.69) is 66.2 Å². The Bertz CT molecular complexity index is 498. The second-order valence-corrected chi connectivity index (χ2v) is 5.78. The van der Waals surface area contributed by atoms with Crippen LogP contribution in [0.25, 0.3) is 0 Å². The van der Waals surface area contributed by atoms with Crippen molar-refractivity contribution in [3.05, 3.63) is 59.0 Å². The molecule has 0 amide bonds. The minimum absolute atomic E-state index is 0.146. The van der Waals surface area contributed by atoms with Crippen LogP contribution >= 0.6 is 15.9 Å². The number of furan rings is 1. The zero-order chi connectivity index (χ0) is 13.7. The van der Waals surface area contributed by atoms with E-state index in [4.69, 9.17) is 4.42 Å². The summed E-state index contributed by atoms with van der Waals surface area (Å²) in [6, 6.07) is 12.9. The minimum atomic E-state index is 0.146. The molecule has 19 heavy (non-hydrogen) atoms. The maximum Gasteiger partial charge on any atom is 0.122 e. The third kappa shape index (κ3) is 3.73. The first-order valence-corrected chi connectivity index (χ1v) is 7.97. The Morgan fingerprint density at radius 3 is 2.37 bits per heavy atom. The molecule has 2 rings (SSSR count). The molecular weight excluding hydrogens is 300 g/mol. The second kappa shape index (κ2) is 6.95. The van der Waals surface area contributed by atoms with E-state index in [1.165, 1.54) is 30.4 Å². The van der Waals surface area contributed by atoms with Gasteiger partial charge in [-0.05, 0) is 36.1 Å². The molecule has 0 fully saturated rings. The number of halogens is 1. The number of aryl methyl sites for hydroxylation is 2. The highest BCUT2D eigenvalue weighted by Gasteiger charge is 2.14. The van der Waals surface area contributed by atoms with Crippen LogP contribution in [-0.4, -0.2) is 0 Å². The monoisotopic (exact) mass is 320 g/mol. The van der Waals surface area contributed by atoms with Crippen LogP contribution in [-0.2, 0) is 12.8 Å². The standard InChI is InChI=1S/C17H21BrO/c1-3-5-6-13-7-9-14(10-8-13)17(18)16-12-11-15(4-2)19-16/h7-12,17H,3-6H2,1-2H3. The van der Waals surface area contributed by atoms with Crippen LogP contribution in [0.15, 0.2) is 40.8 Å². The molecule has 0 aliphatic carbocycles. The van der Waals surface area contributed by atoms with Gasteiger partial charge in [0, 0.05) is 6.42 Å². The van der Waals surface area contributed by atoms with Crippen molar-refractivity contribution in [3.63, 3.8) is 0 Å². The van der Waals surface area contributed by atoms with Gasteiger partial charge in [-0.1, -0.05) is 60.5 Å². The highest BCUT2D eigenvalue weighted by molar-refractivity contribution is 9.09. The summed E-state index contributed by atoms with van der Waals surface area (Å²) < 4.78 is 5.80. The topological polar surface area (TPSA) is 13.1 Å². The Morgan fingerprint density at radius 2 is 1.79 bits per heavy atom. The quantitative estimate of drug-likeness (QED) is 0.625. The molecule has 0 spiro atoms. The average Bonchev–Trinajstić information content (AvgIpc) is 2.94. The number of hydrogen-bond acceptors (Lipinski definition) is 1. The lowest BCUT2D eigenvalue weighted by Crippen LogP contribution is -1.92. The van der Waals surface area contributed by atoms with Crippen molar-refractivity contribution in [2.24, 2.45) is 0 Å². The minimum Gasteiger partial charge on any atom is -0.465 e. The molecule has 1 nitrogen and oxygen atoms in total. The number of unbranched alkanes of at least 4 members (excludes halogenated alkanes) is 1. The summed E-state index contributed by atoms with van der Waals surface area (Å²) in [5, 5.41) is 0. The van der Waals surface area contributed by atoms with Gasteiger partial charge in [-0.2, -0.15) is 0 Å². The Morgan fingerprint density at radius 1 is 1.05 bits per heavy atom. The van der Waals surface area contributed by atoms with Crippen molar-refractivity contribution in [2.75, 3.05) is 0 Å². The van der Waals surface area contributed by atoms with E-state index in [0.29, 0.717) is 0 Å². The molecule has 2 aromatic rings. The summed E-state index contributed by atoms with van der Waals surface area (Å²) in [6.45, 7) is 4.33. The number of alkyl halides is 1. The molecular formula is C17H21BrO. The Kier molecular flexibility index (Phi) is 5.26. The molecule has 0 saturated heterocycles. The van der Waals surface area contributed by atoms with E-state index >= 15 is 0 Å². The molecule has 0 radical (unpaired) electrons. The lowest BCUT2D eigenvalue weighted by Gasteiger charge is -2.08. The normalized spacial score (nSPS) is 12.6. The lowest BCUT2D eigenvalue weighted by molar-refractivity contribution is 0.477. The number of hydrogen-bond donors (Lipinski definition) is 0. The van der Waals surface area contributed by atoms with Crippen molar-refractivity contribution in [2.45, 2.75) is 44.4 Å². The highest BCUT2D eigenvalue weighted by atomic mass is 79.9. The summed E-state index contributed by atoms with van der Waals surface area (Å²) in [4.78, 5) is 0.146. The molecule has 102 valence electrons. The summed E-state index contributed by atoms with van der Waals surface area (Å²) >= 11 is 3.72. The molecule has 0 saturated carbocycles. The summed E-state index contributed by atoms with van der Waals surface area (Å²) in [6.07, 6.45) is 4.62. The molecule has 1 atom stereocenters. The van der Waals surface area contributed by atoms with Gasteiger partial charge in [0.1, 0.15) is 11.5 Å². The van der Waals surface area contributed by atoms with Crippen LogP contribution in [0.1, 0.15) is 54.2 Å². The van der Waals surface area contributed by atoms with Gasteiger partial charge in [0.15, 0.2) is 0 Å². The van der Waals surface area contributed by atoms with Crippen LogP contribution in [0.4, 0.5) is 0 Å². The first-order valence-electron chi connectivity index (χ1n) is 7.06. The van der Waals surface area contributed by atoms with Crippen LogP contribution in [0.2, 0.25) is 0 Å². The molecule has 0 bridgehead atoms. The zero-order valence-electron chi connectivity index (χ0n) is 11.7. The van der Waals surface area contributed by atoms with E-state index in [1.54, 1.807) is 0 Å². The van der Waals surface area contributed by atoms with Gasteiger partial charge in [-0.3, -0.25) is 0 Å². The van der Waals surface area contributed by atoms with Gasteiger partial charge in [0.2, 0.25) is 0 Å². The van der Waals surface area contributed by atoms with Crippen molar-refractivity contribution in [1.29, 1.82) is 0 Å². The zero-order valence-corrected chi connectivity index (χ0v) is 13.2. The molecule has 0 N–H and O–H groups in total. The number of benzene rings is 1. The van der Waals surface area contributed by atoms with Crippen LogP contribution in [0, 0.1) is 0 Å². The van der Waals surface area contributed by atoms with Crippen LogP contribution in [0.3, 0.4) is 0 Å². The van der Waals surface area contributed by atoms with Gasteiger partial charge in [-0.15, -0.1) is 0 Å². The highest BCUT2D eigenvalue weighted by Crippen LogP contribution is 2.32. The maximum absolute atomic E-state index is 5.80. The molecule has 1 unspecified atom stereocenters. The summed E-state index contributed by atoms with van der Waals surface area (Å²) in [7, 11) is 0. The van der Waals surface area contributed by atoms with Crippen molar-refractivity contribution in [3.8, 4) is 0 Å². The molecule has 0 aliphatic rings. The Hall–Kier alpha value is -1.02. The van der Waals surface area contributed by atoms with Gasteiger partial charge >= 0.3 is 0 Å². The summed E-state index contributed by atoms with van der Waals surface area (Å²) in [5.74, 6) is 2.03. The molecule has 1 aromatic heterocycles. The van der Waals surface area contributed by atoms with Crippen molar-refractivity contribution in [1.82, 2.24) is 0 Å². The third-order valence-electron chi connectivity index (χ3n) is 3.37. The van der Waals surface area contributed by atoms with Crippen molar-refractivity contribution >= 4 is 15.9 Å². The maximum atomic E-state index is 5.80. The van der Waals surface area contributed by atoms with Crippen LogP contribution < -0.4 is 0 Å². The fourth-order valence-corrected chi connectivity index (χ4v) is 2.67. The predicted octanol–water partition coefficient (Wildman–Crippen LogP) is 5.67. The van der Waals surface area contributed by atoms with Crippen molar-refractivity contribution < 1.29 is 4.42 Å². The molecule has 2 heteroatoms. The number of rotatable bonds is 6. The van der Waals surface area contributed by atoms with Gasteiger partial charge in [0.05, 0.1) is 4.83 Å². The predicted molar refractivity (Wildman–Crippen MR) is 83.9 cm³/mol. The Balaban J connectivity index is 2.08. The molecule has 1 aromatic carbocycles. The first kappa shape index (κ1) is 14.4. The van der Waals surface area contributed by atoms with Gasteiger partial charge in [-0.25, -0.2) is 0 Å². The summed E-state index contributed by atoms with van der Waals surface area (Å²) in [5.41, 5.74) is 2.66. The SMILES string of the molecule is CCCCc1ccc(C(Br)c2ccc(CC)o2)cc1. The second-order valence-electron chi connectivity index (χ2n) is 4.87. The van der Waals surface area contributed by atoms with E-state index in [9.17, 15) is 0 Å². The fourth-order valence-electron chi connectivity index (χ4n) is 2.12. The van der Waals surface area contributed by atoms with Gasteiger partial charge < -0.3 is 4.42 Å². The van der Waals surface area contributed by atoms with E-state index < -0.39 is 0 Å².